The molecule has 0 aliphatic carbocycles. The molecule has 1 spiro atoms. The van der Waals surface area contributed by atoms with Crippen molar-refractivity contribution >= 4 is 33.2 Å². The zero-order valence-electron chi connectivity index (χ0n) is 12.5. The van der Waals surface area contributed by atoms with Crippen LogP contribution >= 0.6 is 11.6 Å². The largest absolute Gasteiger partial charge is 0.309 e. The van der Waals surface area contributed by atoms with Crippen LogP contribution in [0.5, 0.6) is 0 Å². The predicted molar refractivity (Wildman–Crippen MR) is 86.6 cm³/mol. The number of nitrogens with zero attached hydrogens (tertiary/aromatic N) is 2. The third-order valence-corrected chi connectivity index (χ3v) is 6.92. The first kappa shape index (κ1) is 15.8. The lowest BCUT2D eigenvalue weighted by atomic mass is 9.96. The van der Waals surface area contributed by atoms with Gasteiger partial charge < -0.3 is 4.90 Å². The van der Waals surface area contributed by atoms with E-state index in [9.17, 15) is 13.2 Å². The molecule has 120 valence electrons. The molecule has 1 unspecified atom stereocenters. The Kier molecular flexibility index (Phi) is 3.95. The van der Waals surface area contributed by atoms with E-state index in [0.717, 1.165) is 6.42 Å². The van der Waals surface area contributed by atoms with Crippen molar-refractivity contribution in [1.82, 2.24) is 4.31 Å². The zero-order valence-corrected chi connectivity index (χ0v) is 14.0. The number of carbonyl (C=O) groups is 1. The summed E-state index contributed by atoms with van der Waals surface area (Å²) in [6, 6.07) is 7.18. The van der Waals surface area contributed by atoms with Gasteiger partial charge in [0.15, 0.2) is 0 Å². The molecule has 1 aromatic rings. The van der Waals surface area contributed by atoms with Gasteiger partial charge in [-0.1, -0.05) is 23.7 Å². The van der Waals surface area contributed by atoms with E-state index in [0.29, 0.717) is 36.6 Å². The molecule has 1 atom stereocenters. The number of hydrogen-bond acceptors (Lipinski definition) is 3. The molecule has 2 aliphatic rings. The Bertz CT molecular complexity index is 706. The van der Waals surface area contributed by atoms with Gasteiger partial charge in [0.1, 0.15) is 5.54 Å². The second-order valence-electron chi connectivity index (χ2n) is 5.77. The molecule has 1 aromatic carbocycles. The fourth-order valence-corrected chi connectivity index (χ4v) is 5.29. The van der Waals surface area contributed by atoms with Gasteiger partial charge in [0, 0.05) is 13.1 Å². The van der Waals surface area contributed by atoms with E-state index in [-0.39, 0.29) is 11.7 Å². The smallest absolute Gasteiger partial charge is 0.248 e. The minimum Gasteiger partial charge on any atom is -0.309 e. The second kappa shape index (κ2) is 5.51. The van der Waals surface area contributed by atoms with Crippen LogP contribution in [0.3, 0.4) is 0 Å². The summed E-state index contributed by atoms with van der Waals surface area (Å²) in [7, 11) is -3.39. The highest BCUT2D eigenvalue weighted by Gasteiger charge is 2.57. The number of sulfonamides is 1. The van der Waals surface area contributed by atoms with Gasteiger partial charge in [0.25, 0.3) is 0 Å². The van der Waals surface area contributed by atoms with Crippen molar-refractivity contribution in [2.75, 3.05) is 23.7 Å². The Morgan fingerprint density at radius 3 is 2.64 bits per heavy atom. The highest BCUT2D eigenvalue weighted by molar-refractivity contribution is 7.89. The molecule has 22 heavy (non-hydrogen) atoms. The van der Waals surface area contributed by atoms with E-state index < -0.39 is 15.6 Å². The topological polar surface area (TPSA) is 57.7 Å². The molecule has 2 heterocycles. The van der Waals surface area contributed by atoms with E-state index in [1.54, 1.807) is 24.0 Å². The average Bonchev–Trinajstić information content (AvgIpc) is 3.07. The molecular weight excluding hydrogens is 324 g/mol. The Labute approximate surface area is 135 Å². The Balaban J connectivity index is 1.98. The first-order valence-corrected chi connectivity index (χ1v) is 9.48. The van der Waals surface area contributed by atoms with Crippen molar-refractivity contribution in [3.63, 3.8) is 0 Å². The van der Waals surface area contributed by atoms with E-state index >= 15 is 0 Å². The third kappa shape index (κ3) is 2.25. The standard InChI is InChI=1S/C15H19ClN2O3S/c1-2-22(20,21)18-10-5-8-15(18)9-11-17(14(15)19)13-7-4-3-6-12(13)16/h3-4,6-7H,2,5,8-11H2,1H3. The SMILES string of the molecule is CCS(=O)(=O)N1CCCC12CCN(c1ccccc1Cl)C2=O. The number of rotatable bonds is 3. The fraction of sp³-hybridized carbons (Fsp3) is 0.533. The summed E-state index contributed by atoms with van der Waals surface area (Å²) in [5.74, 6) is -0.121. The first-order valence-electron chi connectivity index (χ1n) is 7.49. The van der Waals surface area contributed by atoms with Crippen LogP contribution < -0.4 is 4.90 Å². The number of halogens is 1. The zero-order chi connectivity index (χ0) is 16.0. The Morgan fingerprint density at radius 2 is 1.95 bits per heavy atom. The van der Waals surface area contributed by atoms with Crippen LogP contribution in [0.1, 0.15) is 26.2 Å². The molecule has 0 aromatic heterocycles. The van der Waals surface area contributed by atoms with Crippen LogP contribution in [0.4, 0.5) is 5.69 Å². The lowest BCUT2D eigenvalue weighted by Crippen LogP contribution is -2.53. The van der Waals surface area contributed by atoms with Crippen molar-refractivity contribution < 1.29 is 13.2 Å². The maximum absolute atomic E-state index is 13.0. The average molecular weight is 343 g/mol. The van der Waals surface area contributed by atoms with Crippen LogP contribution in [0.25, 0.3) is 0 Å². The second-order valence-corrected chi connectivity index (χ2v) is 8.36. The number of anilines is 1. The van der Waals surface area contributed by atoms with E-state index in [1.807, 2.05) is 12.1 Å². The Morgan fingerprint density at radius 1 is 1.23 bits per heavy atom. The summed E-state index contributed by atoms with van der Waals surface area (Å²) in [5, 5.41) is 0.510. The lowest BCUT2D eigenvalue weighted by molar-refractivity contribution is -0.124. The molecule has 0 N–H and O–H groups in total. The quantitative estimate of drug-likeness (QED) is 0.846. The van der Waals surface area contributed by atoms with Crippen molar-refractivity contribution in [3.05, 3.63) is 29.3 Å². The molecule has 2 aliphatic heterocycles. The fourth-order valence-electron chi connectivity index (χ4n) is 3.54. The van der Waals surface area contributed by atoms with Crippen molar-refractivity contribution in [2.24, 2.45) is 0 Å². The summed E-state index contributed by atoms with van der Waals surface area (Å²) >= 11 is 6.19. The van der Waals surface area contributed by atoms with Crippen LogP contribution in [0.15, 0.2) is 24.3 Å². The number of hydrogen-bond donors (Lipinski definition) is 0. The maximum Gasteiger partial charge on any atom is 0.248 e. The van der Waals surface area contributed by atoms with Crippen LogP contribution in [-0.2, 0) is 14.8 Å². The molecule has 2 fully saturated rings. The first-order chi connectivity index (χ1) is 10.4. The van der Waals surface area contributed by atoms with Gasteiger partial charge in [0.2, 0.25) is 15.9 Å². The normalized spacial score (nSPS) is 26.3. The third-order valence-electron chi connectivity index (χ3n) is 4.67. The van der Waals surface area contributed by atoms with Gasteiger partial charge in [-0.15, -0.1) is 0 Å². The van der Waals surface area contributed by atoms with E-state index in [2.05, 4.69) is 0 Å². The Hall–Kier alpha value is -1.11. The van der Waals surface area contributed by atoms with Gasteiger partial charge >= 0.3 is 0 Å². The minimum absolute atomic E-state index is 0.0219. The summed E-state index contributed by atoms with van der Waals surface area (Å²) in [6.07, 6.45) is 1.84. The molecule has 3 rings (SSSR count). The van der Waals surface area contributed by atoms with Gasteiger partial charge in [-0.05, 0) is 38.3 Å². The summed E-state index contributed by atoms with van der Waals surface area (Å²) in [5.41, 5.74) is -0.250. The van der Waals surface area contributed by atoms with Crippen molar-refractivity contribution in [3.8, 4) is 0 Å². The van der Waals surface area contributed by atoms with Crippen LogP contribution in [0, 0.1) is 0 Å². The molecule has 0 bridgehead atoms. The van der Waals surface area contributed by atoms with Crippen LogP contribution in [0.2, 0.25) is 5.02 Å². The number of benzene rings is 1. The van der Waals surface area contributed by atoms with Gasteiger partial charge in [-0.25, -0.2) is 8.42 Å². The molecule has 0 saturated carbocycles. The number of para-hydroxylation sites is 1. The summed E-state index contributed by atoms with van der Waals surface area (Å²) in [4.78, 5) is 14.6. The van der Waals surface area contributed by atoms with Gasteiger partial charge in [0.05, 0.1) is 16.5 Å². The van der Waals surface area contributed by atoms with Crippen molar-refractivity contribution in [1.29, 1.82) is 0 Å². The molecule has 1 amide bonds. The lowest BCUT2D eigenvalue weighted by Gasteiger charge is -2.32. The van der Waals surface area contributed by atoms with E-state index in [1.165, 1.54) is 4.31 Å². The predicted octanol–water partition coefficient (Wildman–Crippen LogP) is 2.26. The van der Waals surface area contributed by atoms with Gasteiger partial charge in [-0.3, -0.25) is 4.79 Å². The molecule has 0 radical (unpaired) electrons. The van der Waals surface area contributed by atoms with E-state index in [4.69, 9.17) is 11.6 Å². The highest BCUT2D eigenvalue weighted by Crippen LogP contribution is 2.43. The molecule has 5 nitrogen and oxygen atoms in total. The maximum atomic E-state index is 13.0. The summed E-state index contributed by atoms with van der Waals surface area (Å²) in [6.45, 7) is 2.54. The molecular formula is C15H19ClN2O3S. The van der Waals surface area contributed by atoms with Gasteiger partial charge in [-0.2, -0.15) is 4.31 Å². The molecule has 7 heteroatoms. The highest BCUT2D eigenvalue weighted by atomic mass is 35.5. The molecule has 2 saturated heterocycles. The minimum atomic E-state index is -3.39. The van der Waals surface area contributed by atoms with Crippen molar-refractivity contribution in [2.45, 2.75) is 31.7 Å². The number of carbonyl (C=O) groups excluding carboxylic acids is 1. The summed E-state index contributed by atoms with van der Waals surface area (Å²) < 4.78 is 26.1. The van der Waals surface area contributed by atoms with Crippen LogP contribution in [-0.4, -0.2) is 43.0 Å². The monoisotopic (exact) mass is 342 g/mol. The number of amides is 1.